The summed E-state index contributed by atoms with van der Waals surface area (Å²) < 4.78 is 20.3. The molecular weight excluding hydrogens is 613 g/mol. The number of nitrogens with one attached hydrogen (secondary N) is 1. The van der Waals surface area contributed by atoms with Crippen molar-refractivity contribution in [3.8, 4) is 0 Å². The molecule has 0 aromatic heterocycles. The fourth-order valence-electron chi connectivity index (χ4n) is 7.48. The number of carbonyl (C=O) groups excluding carboxylic acids is 3. The molecule has 1 aliphatic carbocycles. The molecule has 2 N–H and O–H groups in total. The van der Waals surface area contributed by atoms with Crippen LogP contribution in [0.5, 0.6) is 0 Å². The predicted molar refractivity (Wildman–Crippen MR) is 179 cm³/mol. The number of anilines is 1. The quantitative estimate of drug-likeness (QED) is 0.356. The average Bonchev–Trinajstić information content (AvgIpc) is 3.34. The summed E-state index contributed by atoms with van der Waals surface area (Å²) in [5.74, 6) is -2.22. The van der Waals surface area contributed by atoms with Crippen molar-refractivity contribution >= 4 is 29.4 Å². The van der Waals surface area contributed by atoms with Crippen LogP contribution >= 0.6 is 0 Å². The minimum Gasteiger partial charge on any atom is -0.481 e. The highest BCUT2D eigenvalue weighted by Crippen LogP contribution is 2.57. The Balaban J connectivity index is 1.25. The number of fused-ring (bicyclic) bond motifs is 3. The van der Waals surface area contributed by atoms with Gasteiger partial charge in [-0.25, -0.2) is 9.18 Å². The Morgan fingerprint density at radius 2 is 1.85 bits per heavy atom. The van der Waals surface area contributed by atoms with Crippen molar-refractivity contribution in [1.29, 1.82) is 0 Å². The van der Waals surface area contributed by atoms with E-state index >= 15 is 0 Å². The first-order valence-electron chi connectivity index (χ1n) is 17.2. The van der Waals surface area contributed by atoms with Gasteiger partial charge in [0.2, 0.25) is 5.91 Å². The van der Waals surface area contributed by atoms with E-state index in [2.05, 4.69) is 32.2 Å². The number of hydrogen-bond donors (Lipinski definition) is 2. The summed E-state index contributed by atoms with van der Waals surface area (Å²) in [6.07, 6.45) is 6.77. The highest BCUT2D eigenvalue weighted by atomic mass is 19.1. The first-order chi connectivity index (χ1) is 22.9. The Kier molecular flexibility index (Phi) is 9.37. The second kappa shape index (κ2) is 13.4. The van der Waals surface area contributed by atoms with Gasteiger partial charge in [-0.1, -0.05) is 70.0 Å². The van der Waals surface area contributed by atoms with Crippen LogP contribution in [0.1, 0.15) is 88.8 Å². The number of Topliss-reactive ketones (excluding diaryl/α,β-unsaturated/α-hetero) is 1. The van der Waals surface area contributed by atoms with Gasteiger partial charge in [-0.05, 0) is 66.3 Å². The van der Waals surface area contributed by atoms with E-state index in [9.17, 15) is 28.7 Å². The zero-order valence-electron chi connectivity index (χ0n) is 28.0. The number of benzene rings is 2. The monoisotopic (exact) mass is 659 g/mol. The maximum absolute atomic E-state index is 14.5. The van der Waals surface area contributed by atoms with Crippen molar-refractivity contribution in [2.45, 2.75) is 109 Å². The molecule has 0 spiro atoms. The van der Waals surface area contributed by atoms with Crippen LogP contribution in [-0.2, 0) is 37.6 Å². The van der Waals surface area contributed by atoms with Crippen LogP contribution in [0.3, 0.4) is 0 Å². The van der Waals surface area contributed by atoms with Gasteiger partial charge in [0, 0.05) is 30.6 Å². The van der Waals surface area contributed by atoms with E-state index in [1.54, 1.807) is 12.1 Å². The third kappa shape index (κ3) is 6.98. The summed E-state index contributed by atoms with van der Waals surface area (Å²) in [4.78, 5) is 57.2. The molecule has 10 heteroatoms. The standard InChI is InChI=1S/C38H46FN3O6/c1-37(2,3)25-13-10-14-27(17-25)40-31-16-8-6-4-5-7-12-26-19-38(26,35(45)46)20-33(43)32-18-28(22-42(32)34(31)44)48-36(47)41-21-24-11-9-15-30(39)29(24)23-41/h7,9-15,17,26,28,31-32,40H,4-6,8,16,18-23H2,1-3H3,(H,45,46)/b12-7-/t26-,28-,31+,32+,38-/m1/s1. The maximum atomic E-state index is 14.5. The van der Waals surface area contributed by atoms with E-state index in [1.807, 2.05) is 30.4 Å². The molecule has 1 saturated carbocycles. The number of rotatable bonds is 4. The highest BCUT2D eigenvalue weighted by molar-refractivity contribution is 5.96. The fourth-order valence-corrected chi connectivity index (χ4v) is 7.48. The minimum absolute atomic E-state index is 0.0136. The van der Waals surface area contributed by atoms with E-state index < -0.39 is 35.7 Å². The number of carboxylic acids is 1. The molecule has 2 aromatic rings. The van der Waals surface area contributed by atoms with Gasteiger partial charge in [-0.3, -0.25) is 19.3 Å². The van der Waals surface area contributed by atoms with Crippen LogP contribution in [0.25, 0.3) is 0 Å². The smallest absolute Gasteiger partial charge is 0.410 e. The summed E-state index contributed by atoms with van der Waals surface area (Å²) in [6.45, 7) is 6.68. The minimum atomic E-state index is -1.19. The summed E-state index contributed by atoms with van der Waals surface area (Å²) in [5, 5.41) is 13.7. The topological polar surface area (TPSA) is 116 Å². The van der Waals surface area contributed by atoms with Crippen molar-refractivity contribution in [3.63, 3.8) is 0 Å². The molecule has 256 valence electrons. The Morgan fingerprint density at radius 1 is 1.06 bits per heavy atom. The number of ether oxygens (including phenoxy) is 1. The number of allylic oxidation sites excluding steroid dienone is 2. The molecule has 1 saturated heterocycles. The molecule has 5 atom stereocenters. The zero-order chi connectivity index (χ0) is 34.2. The van der Waals surface area contributed by atoms with E-state index in [4.69, 9.17) is 4.74 Å². The predicted octanol–water partition coefficient (Wildman–Crippen LogP) is 6.60. The summed E-state index contributed by atoms with van der Waals surface area (Å²) in [6, 6.07) is 11.2. The molecular formula is C38H46FN3O6. The van der Waals surface area contributed by atoms with Crippen molar-refractivity contribution in [2.75, 3.05) is 11.9 Å². The number of carboxylic acid groups (broad SMARTS) is 1. The second-order valence-corrected chi connectivity index (χ2v) is 15.0. The molecule has 2 amide bonds. The van der Waals surface area contributed by atoms with E-state index in [0.29, 0.717) is 24.0 Å². The van der Waals surface area contributed by atoms with Gasteiger partial charge in [-0.15, -0.1) is 0 Å². The van der Waals surface area contributed by atoms with Gasteiger partial charge < -0.3 is 20.1 Å². The molecule has 6 rings (SSSR count). The zero-order valence-corrected chi connectivity index (χ0v) is 28.0. The lowest BCUT2D eigenvalue weighted by molar-refractivity contribution is -0.147. The molecule has 3 aliphatic heterocycles. The molecule has 0 unspecified atom stereocenters. The van der Waals surface area contributed by atoms with Gasteiger partial charge >= 0.3 is 12.1 Å². The Labute approximate surface area is 281 Å². The van der Waals surface area contributed by atoms with Crippen LogP contribution in [0.15, 0.2) is 54.6 Å². The van der Waals surface area contributed by atoms with Gasteiger partial charge in [0.05, 0.1) is 24.5 Å². The first-order valence-corrected chi connectivity index (χ1v) is 17.2. The van der Waals surface area contributed by atoms with Crippen LogP contribution in [0.4, 0.5) is 14.9 Å². The molecule has 2 fully saturated rings. The van der Waals surface area contributed by atoms with Gasteiger partial charge in [-0.2, -0.15) is 0 Å². The normalized spacial score (nSPS) is 28.4. The van der Waals surface area contributed by atoms with Gasteiger partial charge in [0.15, 0.2) is 5.78 Å². The van der Waals surface area contributed by atoms with Crippen molar-refractivity contribution < 1.29 is 33.4 Å². The van der Waals surface area contributed by atoms with Crippen LogP contribution in [0, 0.1) is 17.2 Å². The Morgan fingerprint density at radius 3 is 2.60 bits per heavy atom. The Bertz CT molecular complexity index is 1620. The number of nitrogens with zero attached hydrogens (tertiary/aromatic N) is 2. The second-order valence-electron chi connectivity index (χ2n) is 15.0. The first kappa shape index (κ1) is 33.7. The number of halogens is 1. The highest BCUT2D eigenvalue weighted by Gasteiger charge is 2.61. The van der Waals surface area contributed by atoms with Crippen molar-refractivity contribution in [2.24, 2.45) is 11.3 Å². The van der Waals surface area contributed by atoms with Gasteiger partial charge in [0.25, 0.3) is 0 Å². The third-order valence-corrected chi connectivity index (χ3v) is 10.5. The molecule has 0 radical (unpaired) electrons. The number of aliphatic carboxylic acids is 1. The largest absolute Gasteiger partial charge is 0.481 e. The van der Waals surface area contributed by atoms with E-state index in [-0.39, 0.29) is 61.3 Å². The van der Waals surface area contributed by atoms with Crippen molar-refractivity contribution in [3.05, 3.63) is 77.1 Å². The molecule has 0 bridgehead atoms. The van der Waals surface area contributed by atoms with Crippen LogP contribution in [-0.4, -0.2) is 63.4 Å². The SMILES string of the molecule is CC(C)(C)c1cccc(N[C@H]2CCCCC/C=C\[C@@H]3C[C@@]3(C(=O)O)CC(=O)[C@@H]3C[C@@H](OC(=O)N4Cc5cccc(F)c5C4)CN3C2=O)c1. The van der Waals surface area contributed by atoms with Crippen LogP contribution in [0.2, 0.25) is 0 Å². The molecule has 9 nitrogen and oxygen atoms in total. The fraction of sp³-hybridized carbons (Fsp3) is 0.526. The average molecular weight is 660 g/mol. The lowest BCUT2D eigenvalue weighted by Crippen LogP contribution is -2.48. The lowest BCUT2D eigenvalue weighted by Gasteiger charge is -2.30. The summed E-state index contributed by atoms with van der Waals surface area (Å²) in [5.41, 5.74) is 1.81. The van der Waals surface area contributed by atoms with E-state index in [1.165, 1.54) is 15.9 Å². The molecule has 48 heavy (non-hydrogen) atoms. The van der Waals surface area contributed by atoms with Gasteiger partial charge in [0.1, 0.15) is 18.0 Å². The number of ketones is 1. The molecule has 3 heterocycles. The van der Waals surface area contributed by atoms with Crippen LogP contribution < -0.4 is 5.32 Å². The molecule has 2 aromatic carbocycles. The third-order valence-electron chi connectivity index (χ3n) is 10.5. The number of amides is 2. The summed E-state index contributed by atoms with van der Waals surface area (Å²) >= 11 is 0. The van der Waals surface area contributed by atoms with Crippen molar-refractivity contribution in [1.82, 2.24) is 9.80 Å². The summed E-state index contributed by atoms with van der Waals surface area (Å²) in [7, 11) is 0. The van der Waals surface area contributed by atoms with E-state index in [0.717, 1.165) is 36.9 Å². The number of carbonyl (C=O) groups is 4. The maximum Gasteiger partial charge on any atom is 0.410 e. The number of hydrogen-bond acceptors (Lipinski definition) is 6. The Hall–Kier alpha value is -4.21. The lowest BCUT2D eigenvalue weighted by atomic mass is 9.87. The molecule has 4 aliphatic rings.